The van der Waals surface area contributed by atoms with Gasteiger partial charge >= 0.3 is 0 Å². The van der Waals surface area contributed by atoms with Gasteiger partial charge in [0.2, 0.25) is 0 Å². The first-order valence-electron chi connectivity index (χ1n) is 6.88. The van der Waals surface area contributed by atoms with Crippen LogP contribution in [0.5, 0.6) is 0 Å². The highest BCUT2D eigenvalue weighted by molar-refractivity contribution is 5.19. The standard InChI is InChI=1S/C16H22N2O/c1-2-10-18-11-6-9-15(18)12-17-16(13-19)14-7-4-3-5-8-14/h3-9,11,16-17,19H,2,10,12-13H2,1H3/t16-/m0/s1. The Morgan fingerprint density at radius 3 is 2.63 bits per heavy atom. The maximum absolute atomic E-state index is 9.51. The number of hydrogen-bond acceptors (Lipinski definition) is 2. The van der Waals surface area contributed by atoms with Gasteiger partial charge in [-0.15, -0.1) is 0 Å². The Morgan fingerprint density at radius 1 is 1.16 bits per heavy atom. The van der Waals surface area contributed by atoms with Crippen molar-refractivity contribution in [2.24, 2.45) is 0 Å². The van der Waals surface area contributed by atoms with Crippen molar-refractivity contribution in [1.29, 1.82) is 0 Å². The Kier molecular flexibility index (Phi) is 5.19. The fraction of sp³-hybridized carbons (Fsp3) is 0.375. The van der Waals surface area contributed by atoms with Gasteiger partial charge in [-0.25, -0.2) is 0 Å². The highest BCUT2D eigenvalue weighted by Crippen LogP contribution is 2.13. The molecule has 3 heteroatoms. The lowest BCUT2D eigenvalue weighted by Crippen LogP contribution is -2.25. The van der Waals surface area contributed by atoms with Crippen LogP contribution in [0, 0.1) is 0 Å². The van der Waals surface area contributed by atoms with Gasteiger partial charge in [-0.3, -0.25) is 0 Å². The number of aliphatic hydroxyl groups is 1. The summed E-state index contributed by atoms with van der Waals surface area (Å²) < 4.78 is 2.26. The fourth-order valence-electron chi connectivity index (χ4n) is 2.27. The monoisotopic (exact) mass is 258 g/mol. The van der Waals surface area contributed by atoms with Crippen molar-refractivity contribution in [2.75, 3.05) is 6.61 Å². The lowest BCUT2D eigenvalue weighted by molar-refractivity contribution is 0.243. The van der Waals surface area contributed by atoms with Gasteiger partial charge in [0, 0.05) is 25.0 Å². The Labute approximate surface area is 114 Å². The van der Waals surface area contributed by atoms with Crippen LogP contribution in [-0.4, -0.2) is 16.3 Å². The first kappa shape index (κ1) is 13.8. The van der Waals surface area contributed by atoms with Crippen molar-refractivity contribution in [2.45, 2.75) is 32.5 Å². The Bertz CT molecular complexity index is 479. The molecule has 0 fully saturated rings. The number of hydrogen-bond donors (Lipinski definition) is 2. The van der Waals surface area contributed by atoms with Gasteiger partial charge in [-0.1, -0.05) is 37.3 Å². The number of rotatable bonds is 7. The van der Waals surface area contributed by atoms with Crippen molar-refractivity contribution in [1.82, 2.24) is 9.88 Å². The summed E-state index contributed by atoms with van der Waals surface area (Å²) in [5, 5.41) is 12.9. The normalized spacial score (nSPS) is 12.5. The predicted octanol–water partition coefficient (Wildman–Crippen LogP) is 2.72. The zero-order valence-corrected chi connectivity index (χ0v) is 11.4. The summed E-state index contributed by atoms with van der Waals surface area (Å²) in [5.74, 6) is 0. The second-order valence-corrected chi connectivity index (χ2v) is 4.72. The third kappa shape index (κ3) is 3.69. The minimum atomic E-state index is -0.00817. The smallest absolute Gasteiger partial charge is 0.0626 e. The molecule has 0 unspecified atom stereocenters. The third-order valence-corrected chi connectivity index (χ3v) is 3.30. The molecule has 1 aromatic carbocycles. The zero-order valence-electron chi connectivity index (χ0n) is 11.4. The van der Waals surface area contributed by atoms with Crippen LogP contribution >= 0.6 is 0 Å². The largest absolute Gasteiger partial charge is 0.394 e. The van der Waals surface area contributed by atoms with Gasteiger partial charge in [0.25, 0.3) is 0 Å². The van der Waals surface area contributed by atoms with Crippen LogP contribution in [0.15, 0.2) is 48.7 Å². The Hall–Kier alpha value is -1.58. The van der Waals surface area contributed by atoms with Crippen molar-refractivity contribution < 1.29 is 5.11 Å². The predicted molar refractivity (Wildman–Crippen MR) is 77.8 cm³/mol. The van der Waals surface area contributed by atoms with Crippen molar-refractivity contribution in [3.8, 4) is 0 Å². The van der Waals surface area contributed by atoms with Crippen LogP contribution in [0.25, 0.3) is 0 Å². The number of nitrogens with zero attached hydrogens (tertiary/aromatic N) is 1. The molecule has 2 aromatic rings. The van der Waals surface area contributed by atoms with E-state index in [1.807, 2.05) is 30.3 Å². The van der Waals surface area contributed by atoms with Gasteiger partial charge in [0.1, 0.15) is 0 Å². The lowest BCUT2D eigenvalue weighted by atomic mass is 10.1. The number of aliphatic hydroxyl groups excluding tert-OH is 1. The maximum atomic E-state index is 9.51. The minimum Gasteiger partial charge on any atom is -0.394 e. The van der Waals surface area contributed by atoms with E-state index in [0.717, 1.165) is 25.1 Å². The molecule has 0 amide bonds. The summed E-state index contributed by atoms with van der Waals surface area (Å²) in [4.78, 5) is 0. The molecule has 1 atom stereocenters. The number of aromatic nitrogens is 1. The average molecular weight is 258 g/mol. The SMILES string of the molecule is CCCn1cccc1CN[C@@H](CO)c1ccccc1. The summed E-state index contributed by atoms with van der Waals surface area (Å²) >= 11 is 0. The molecule has 0 spiro atoms. The molecule has 0 radical (unpaired) electrons. The van der Waals surface area contributed by atoms with E-state index in [9.17, 15) is 5.11 Å². The molecule has 0 aliphatic rings. The van der Waals surface area contributed by atoms with Crippen LogP contribution < -0.4 is 5.32 Å². The minimum absolute atomic E-state index is 0.00817. The van der Waals surface area contributed by atoms with E-state index in [1.54, 1.807) is 0 Å². The number of benzene rings is 1. The first-order chi connectivity index (χ1) is 9.35. The number of nitrogens with one attached hydrogen (secondary N) is 1. The van der Waals surface area contributed by atoms with Gasteiger partial charge in [0.05, 0.1) is 12.6 Å². The molecule has 0 bridgehead atoms. The molecule has 0 saturated carbocycles. The van der Waals surface area contributed by atoms with Crippen molar-refractivity contribution in [3.05, 3.63) is 59.9 Å². The molecular formula is C16H22N2O. The van der Waals surface area contributed by atoms with E-state index >= 15 is 0 Å². The molecule has 19 heavy (non-hydrogen) atoms. The topological polar surface area (TPSA) is 37.2 Å². The van der Waals surface area contributed by atoms with E-state index in [1.165, 1.54) is 5.69 Å². The summed E-state index contributed by atoms with van der Waals surface area (Å²) in [6.45, 7) is 4.10. The van der Waals surface area contributed by atoms with Crippen molar-refractivity contribution >= 4 is 0 Å². The van der Waals surface area contributed by atoms with E-state index in [2.05, 4.69) is 35.1 Å². The molecule has 0 saturated heterocycles. The molecule has 2 N–H and O–H groups in total. The fourth-order valence-corrected chi connectivity index (χ4v) is 2.27. The van der Waals surface area contributed by atoms with Gasteiger partial charge in [-0.2, -0.15) is 0 Å². The van der Waals surface area contributed by atoms with Gasteiger partial charge < -0.3 is 15.0 Å². The molecule has 0 aliphatic carbocycles. The summed E-state index contributed by atoms with van der Waals surface area (Å²) in [5.41, 5.74) is 2.38. The number of aryl methyl sites for hydroxylation is 1. The molecule has 102 valence electrons. The maximum Gasteiger partial charge on any atom is 0.0626 e. The Balaban J connectivity index is 1.98. The molecule has 3 nitrogen and oxygen atoms in total. The van der Waals surface area contributed by atoms with Crippen LogP contribution in [0.3, 0.4) is 0 Å². The molecular weight excluding hydrogens is 236 g/mol. The molecule has 1 heterocycles. The summed E-state index contributed by atoms with van der Waals surface area (Å²) in [6.07, 6.45) is 3.24. The van der Waals surface area contributed by atoms with Crippen LogP contribution in [0.1, 0.15) is 30.6 Å². The Morgan fingerprint density at radius 2 is 1.95 bits per heavy atom. The van der Waals surface area contributed by atoms with E-state index in [-0.39, 0.29) is 12.6 Å². The molecule has 1 aromatic heterocycles. The van der Waals surface area contributed by atoms with Crippen LogP contribution in [0.2, 0.25) is 0 Å². The average Bonchev–Trinajstić information content (AvgIpc) is 2.89. The molecule has 0 aliphatic heterocycles. The van der Waals surface area contributed by atoms with Gasteiger partial charge in [-0.05, 0) is 24.1 Å². The van der Waals surface area contributed by atoms with Crippen molar-refractivity contribution in [3.63, 3.8) is 0 Å². The van der Waals surface area contributed by atoms with E-state index in [4.69, 9.17) is 0 Å². The molecule has 2 rings (SSSR count). The second kappa shape index (κ2) is 7.12. The third-order valence-electron chi connectivity index (χ3n) is 3.30. The summed E-state index contributed by atoms with van der Waals surface area (Å²) in [7, 11) is 0. The van der Waals surface area contributed by atoms with Crippen LogP contribution in [-0.2, 0) is 13.1 Å². The highest BCUT2D eigenvalue weighted by atomic mass is 16.3. The van der Waals surface area contributed by atoms with E-state index < -0.39 is 0 Å². The van der Waals surface area contributed by atoms with Gasteiger partial charge in [0.15, 0.2) is 0 Å². The highest BCUT2D eigenvalue weighted by Gasteiger charge is 2.10. The quantitative estimate of drug-likeness (QED) is 0.801. The zero-order chi connectivity index (χ0) is 13.5. The summed E-state index contributed by atoms with van der Waals surface area (Å²) in [6, 6.07) is 14.3. The van der Waals surface area contributed by atoms with Crippen LogP contribution in [0.4, 0.5) is 0 Å². The second-order valence-electron chi connectivity index (χ2n) is 4.72. The first-order valence-corrected chi connectivity index (χ1v) is 6.88. The van der Waals surface area contributed by atoms with E-state index in [0.29, 0.717) is 0 Å². The lowest BCUT2D eigenvalue weighted by Gasteiger charge is -2.17.